The number of rotatable bonds is 4. The summed E-state index contributed by atoms with van der Waals surface area (Å²) in [6, 6.07) is 13.8. The van der Waals surface area contributed by atoms with Crippen LogP contribution in [0.1, 0.15) is 21.5 Å². The van der Waals surface area contributed by atoms with E-state index in [1.807, 2.05) is 37.3 Å². The van der Waals surface area contributed by atoms with Gasteiger partial charge >= 0.3 is 0 Å². The molecule has 0 aliphatic heterocycles. The van der Waals surface area contributed by atoms with Crippen molar-refractivity contribution in [3.63, 3.8) is 0 Å². The Hall–Kier alpha value is -2.13. The van der Waals surface area contributed by atoms with Crippen molar-refractivity contribution in [2.75, 3.05) is 7.11 Å². The predicted molar refractivity (Wildman–Crippen MR) is 87.6 cm³/mol. The number of carbonyl (C=O) groups is 1. The van der Waals surface area contributed by atoms with Gasteiger partial charge in [-0.05, 0) is 53.1 Å². The molecule has 21 heavy (non-hydrogen) atoms. The van der Waals surface area contributed by atoms with Crippen LogP contribution in [0.15, 0.2) is 47.8 Å². The molecule has 0 aliphatic carbocycles. The summed E-state index contributed by atoms with van der Waals surface area (Å²) in [5.41, 5.74) is 2.83. The van der Waals surface area contributed by atoms with E-state index in [0.29, 0.717) is 6.42 Å². The molecule has 0 saturated carbocycles. The van der Waals surface area contributed by atoms with E-state index >= 15 is 0 Å². The van der Waals surface area contributed by atoms with Gasteiger partial charge in [-0.1, -0.05) is 18.2 Å². The number of carbonyl (C=O) groups excluding carboxylic acids is 1. The van der Waals surface area contributed by atoms with Gasteiger partial charge < -0.3 is 4.74 Å². The smallest absolute Gasteiger partial charge is 0.167 e. The average Bonchev–Trinajstić information content (AvgIpc) is 2.90. The minimum atomic E-state index is 0.143. The van der Waals surface area contributed by atoms with Crippen LogP contribution in [0.25, 0.3) is 10.1 Å². The fourth-order valence-electron chi connectivity index (χ4n) is 2.50. The lowest BCUT2D eigenvalue weighted by molar-refractivity contribution is 0.0993. The van der Waals surface area contributed by atoms with Crippen molar-refractivity contribution < 1.29 is 9.53 Å². The fourth-order valence-corrected chi connectivity index (χ4v) is 3.46. The van der Waals surface area contributed by atoms with Crippen LogP contribution in [0.3, 0.4) is 0 Å². The lowest BCUT2D eigenvalue weighted by Crippen LogP contribution is -2.03. The minimum Gasteiger partial charge on any atom is -0.496 e. The fraction of sp³-hybridized carbons (Fsp3) is 0.167. The van der Waals surface area contributed by atoms with Crippen LogP contribution in [0, 0.1) is 6.92 Å². The summed E-state index contributed by atoms with van der Waals surface area (Å²) < 4.78 is 6.46. The largest absolute Gasteiger partial charge is 0.496 e. The van der Waals surface area contributed by atoms with E-state index in [1.165, 1.54) is 10.1 Å². The van der Waals surface area contributed by atoms with Gasteiger partial charge in [-0.15, -0.1) is 11.3 Å². The van der Waals surface area contributed by atoms with Crippen molar-refractivity contribution in [1.82, 2.24) is 0 Å². The molecule has 0 atom stereocenters. The normalized spacial score (nSPS) is 10.8. The maximum Gasteiger partial charge on any atom is 0.167 e. The molecule has 0 amide bonds. The summed E-state index contributed by atoms with van der Waals surface area (Å²) in [5, 5.41) is 3.26. The van der Waals surface area contributed by atoms with Gasteiger partial charge in [-0.25, -0.2) is 0 Å². The van der Waals surface area contributed by atoms with Gasteiger partial charge in [0.25, 0.3) is 0 Å². The number of Topliss-reactive ketones (excluding diaryl/α,β-unsaturated/α-hetero) is 1. The molecule has 0 unspecified atom stereocenters. The zero-order valence-corrected chi connectivity index (χ0v) is 12.9. The highest BCUT2D eigenvalue weighted by molar-refractivity contribution is 7.17. The van der Waals surface area contributed by atoms with Crippen molar-refractivity contribution in [1.29, 1.82) is 0 Å². The highest BCUT2D eigenvalue weighted by atomic mass is 32.1. The molecule has 1 aromatic heterocycles. The van der Waals surface area contributed by atoms with E-state index in [9.17, 15) is 4.79 Å². The van der Waals surface area contributed by atoms with Crippen LogP contribution in [-0.4, -0.2) is 12.9 Å². The zero-order chi connectivity index (χ0) is 14.8. The molecular formula is C18H16O2S. The zero-order valence-electron chi connectivity index (χ0n) is 12.1. The Bertz CT molecular complexity index is 802. The van der Waals surface area contributed by atoms with Gasteiger partial charge in [0.15, 0.2) is 5.78 Å². The molecule has 3 rings (SSSR count). The van der Waals surface area contributed by atoms with Crippen molar-refractivity contribution in [2.45, 2.75) is 13.3 Å². The highest BCUT2D eigenvalue weighted by Crippen LogP contribution is 2.27. The summed E-state index contributed by atoms with van der Waals surface area (Å²) in [7, 11) is 1.64. The Kier molecular flexibility index (Phi) is 3.76. The lowest BCUT2D eigenvalue weighted by Gasteiger charge is -2.06. The van der Waals surface area contributed by atoms with Gasteiger partial charge in [0, 0.05) is 16.7 Å². The molecule has 2 nitrogen and oxygen atoms in total. The summed E-state index contributed by atoms with van der Waals surface area (Å²) in [6.07, 6.45) is 0.440. The number of hydrogen-bond donors (Lipinski definition) is 0. The van der Waals surface area contributed by atoms with E-state index in [2.05, 4.69) is 17.5 Å². The number of fused-ring (bicyclic) bond motifs is 1. The first-order valence-electron chi connectivity index (χ1n) is 6.82. The molecule has 0 fully saturated rings. The Labute approximate surface area is 128 Å². The predicted octanol–water partition coefficient (Wildman–Crippen LogP) is 4.64. The molecule has 0 aliphatic rings. The first kappa shape index (κ1) is 13.8. The summed E-state index contributed by atoms with van der Waals surface area (Å²) in [6.45, 7) is 1.95. The first-order valence-corrected chi connectivity index (χ1v) is 7.70. The van der Waals surface area contributed by atoms with E-state index in [4.69, 9.17) is 4.74 Å². The van der Waals surface area contributed by atoms with Crippen LogP contribution in [0.5, 0.6) is 5.75 Å². The van der Waals surface area contributed by atoms with Crippen molar-refractivity contribution in [2.24, 2.45) is 0 Å². The standard InChI is InChI=1S/C18H16O2S/c1-12-9-13(7-8-17(12)20-2)16(19)10-14-11-21-18-6-4-3-5-15(14)18/h3-9,11H,10H2,1-2H3. The Morgan fingerprint density at radius 1 is 1.19 bits per heavy atom. The number of aryl methyl sites for hydroxylation is 1. The molecule has 3 aromatic rings. The number of methoxy groups -OCH3 is 1. The number of hydrogen-bond acceptors (Lipinski definition) is 3. The lowest BCUT2D eigenvalue weighted by atomic mass is 10.0. The monoisotopic (exact) mass is 296 g/mol. The Morgan fingerprint density at radius 2 is 2.00 bits per heavy atom. The van der Waals surface area contributed by atoms with Gasteiger partial charge in [-0.2, -0.15) is 0 Å². The maximum atomic E-state index is 12.5. The molecule has 0 saturated heterocycles. The summed E-state index contributed by atoms with van der Waals surface area (Å²) >= 11 is 1.69. The number of ether oxygens (including phenoxy) is 1. The molecule has 106 valence electrons. The second-order valence-corrected chi connectivity index (χ2v) is 5.95. The first-order chi connectivity index (χ1) is 10.2. The number of thiophene rings is 1. The molecule has 1 heterocycles. The third kappa shape index (κ3) is 2.69. The van der Waals surface area contributed by atoms with E-state index < -0.39 is 0 Å². The van der Waals surface area contributed by atoms with Crippen LogP contribution < -0.4 is 4.74 Å². The molecule has 0 bridgehead atoms. The van der Waals surface area contributed by atoms with Crippen LogP contribution in [0.4, 0.5) is 0 Å². The molecule has 0 spiro atoms. The molecule has 2 aromatic carbocycles. The second kappa shape index (κ2) is 5.70. The topological polar surface area (TPSA) is 26.3 Å². The third-order valence-corrected chi connectivity index (χ3v) is 4.64. The van der Waals surface area contributed by atoms with E-state index in [1.54, 1.807) is 18.4 Å². The molecular weight excluding hydrogens is 280 g/mol. The Balaban J connectivity index is 1.88. The van der Waals surface area contributed by atoms with E-state index in [0.717, 1.165) is 22.4 Å². The summed E-state index contributed by atoms with van der Waals surface area (Å²) in [5.74, 6) is 0.955. The minimum absolute atomic E-state index is 0.143. The Morgan fingerprint density at radius 3 is 2.76 bits per heavy atom. The molecule has 0 radical (unpaired) electrons. The quantitative estimate of drug-likeness (QED) is 0.655. The van der Waals surface area contributed by atoms with Crippen molar-refractivity contribution in [3.8, 4) is 5.75 Å². The van der Waals surface area contributed by atoms with Crippen molar-refractivity contribution in [3.05, 3.63) is 64.5 Å². The van der Waals surface area contributed by atoms with Crippen LogP contribution >= 0.6 is 11.3 Å². The van der Waals surface area contributed by atoms with Gasteiger partial charge in [0.2, 0.25) is 0 Å². The van der Waals surface area contributed by atoms with E-state index in [-0.39, 0.29) is 5.78 Å². The van der Waals surface area contributed by atoms with Gasteiger partial charge in [0.1, 0.15) is 5.75 Å². The molecule has 3 heteroatoms. The van der Waals surface area contributed by atoms with Gasteiger partial charge in [-0.3, -0.25) is 4.79 Å². The SMILES string of the molecule is COc1ccc(C(=O)Cc2csc3ccccc23)cc1C. The third-order valence-electron chi connectivity index (χ3n) is 3.63. The highest BCUT2D eigenvalue weighted by Gasteiger charge is 2.12. The average molecular weight is 296 g/mol. The van der Waals surface area contributed by atoms with Crippen molar-refractivity contribution >= 4 is 27.2 Å². The second-order valence-electron chi connectivity index (χ2n) is 5.04. The van der Waals surface area contributed by atoms with Crippen LogP contribution in [0.2, 0.25) is 0 Å². The number of benzene rings is 2. The maximum absolute atomic E-state index is 12.5. The van der Waals surface area contributed by atoms with Crippen LogP contribution in [-0.2, 0) is 6.42 Å². The number of ketones is 1. The summed E-state index contributed by atoms with van der Waals surface area (Å²) in [4.78, 5) is 12.5. The van der Waals surface area contributed by atoms with Gasteiger partial charge in [0.05, 0.1) is 7.11 Å². The molecule has 0 N–H and O–H groups in total.